The first-order valence-electron chi connectivity index (χ1n) is 35.2. The Bertz CT molecular complexity index is 1200. The number of rotatable bonds is 66. The molecule has 77 heavy (non-hydrogen) atoms. The van der Waals surface area contributed by atoms with Crippen LogP contribution in [0.25, 0.3) is 0 Å². The lowest BCUT2D eigenvalue weighted by Gasteiger charge is -2.18. The van der Waals surface area contributed by atoms with Gasteiger partial charge < -0.3 is 14.2 Å². The van der Waals surface area contributed by atoms with E-state index in [4.69, 9.17) is 14.2 Å². The highest BCUT2D eigenvalue weighted by Gasteiger charge is 2.19. The first-order chi connectivity index (χ1) is 38.0. The SMILES string of the molecule is CCCCC/C=C\CCCCCCCC(=O)OCC(COC(=O)CCCCCCCCCCCCCCCCCCCCCCCCCCCCCCCCCC)OC(=O)CCCCCCCCCCCCCCCCC. The molecule has 1 atom stereocenters. The van der Waals surface area contributed by atoms with Crippen molar-refractivity contribution in [3.8, 4) is 0 Å². The Morgan fingerprint density at radius 2 is 0.429 bits per heavy atom. The van der Waals surface area contributed by atoms with Crippen molar-refractivity contribution in [1.29, 1.82) is 0 Å². The van der Waals surface area contributed by atoms with E-state index in [1.165, 1.54) is 302 Å². The quantitative estimate of drug-likeness (QED) is 0.0261. The maximum absolute atomic E-state index is 12.9. The van der Waals surface area contributed by atoms with Crippen LogP contribution in [0.4, 0.5) is 0 Å². The molecule has 0 aromatic heterocycles. The fourth-order valence-electron chi connectivity index (χ4n) is 11.0. The van der Waals surface area contributed by atoms with Crippen LogP contribution in [0, 0.1) is 0 Å². The molecule has 1 unspecified atom stereocenters. The van der Waals surface area contributed by atoms with Crippen LogP contribution in [-0.2, 0) is 28.6 Å². The molecule has 0 amide bonds. The number of esters is 3. The smallest absolute Gasteiger partial charge is 0.306 e. The van der Waals surface area contributed by atoms with Crippen molar-refractivity contribution < 1.29 is 28.6 Å². The molecular formula is C71H136O6. The van der Waals surface area contributed by atoms with E-state index in [0.717, 1.165) is 64.2 Å². The third-order valence-corrected chi connectivity index (χ3v) is 16.3. The molecule has 0 aromatic rings. The minimum atomic E-state index is -0.769. The number of carbonyl (C=O) groups excluding carboxylic acids is 3. The van der Waals surface area contributed by atoms with Gasteiger partial charge in [0.15, 0.2) is 6.10 Å². The van der Waals surface area contributed by atoms with Crippen molar-refractivity contribution in [3.05, 3.63) is 12.2 Å². The van der Waals surface area contributed by atoms with Crippen LogP contribution in [0.15, 0.2) is 12.2 Å². The molecule has 0 saturated heterocycles. The summed E-state index contributed by atoms with van der Waals surface area (Å²) in [4.78, 5) is 38.3. The Morgan fingerprint density at radius 3 is 0.675 bits per heavy atom. The molecule has 6 nitrogen and oxygen atoms in total. The molecule has 0 N–H and O–H groups in total. The van der Waals surface area contributed by atoms with Gasteiger partial charge in [-0.05, 0) is 44.9 Å². The molecule has 0 bridgehead atoms. The van der Waals surface area contributed by atoms with Crippen molar-refractivity contribution in [2.75, 3.05) is 13.2 Å². The monoisotopic (exact) mass is 1090 g/mol. The summed E-state index contributed by atoms with van der Waals surface area (Å²) in [5.74, 6) is -0.845. The third kappa shape index (κ3) is 64.9. The van der Waals surface area contributed by atoms with Gasteiger partial charge in [-0.2, -0.15) is 0 Å². The number of allylic oxidation sites excluding steroid dienone is 2. The average Bonchev–Trinajstić information content (AvgIpc) is 3.43. The molecule has 0 aliphatic rings. The van der Waals surface area contributed by atoms with E-state index in [9.17, 15) is 14.4 Å². The average molecular weight is 1090 g/mol. The lowest BCUT2D eigenvalue weighted by atomic mass is 10.0. The molecular weight excluding hydrogens is 949 g/mol. The fraction of sp³-hybridized carbons (Fsp3) is 0.930. The molecule has 0 aliphatic heterocycles. The Labute approximate surface area is 481 Å². The van der Waals surface area contributed by atoms with Crippen molar-refractivity contribution in [3.63, 3.8) is 0 Å². The number of hydrogen-bond acceptors (Lipinski definition) is 6. The summed E-state index contributed by atoms with van der Waals surface area (Å²) >= 11 is 0. The van der Waals surface area contributed by atoms with Gasteiger partial charge in [0.25, 0.3) is 0 Å². The van der Waals surface area contributed by atoms with Crippen molar-refractivity contribution in [2.45, 2.75) is 412 Å². The second-order valence-electron chi connectivity index (χ2n) is 24.2. The minimum absolute atomic E-state index is 0.0661. The second-order valence-corrected chi connectivity index (χ2v) is 24.2. The molecule has 0 spiro atoms. The molecule has 0 heterocycles. The fourth-order valence-corrected chi connectivity index (χ4v) is 11.0. The van der Waals surface area contributed by atoms with Crippen LogP contribution in [0.1, 0.15) is 406 Å². The van der Waals surface area contributed by atoms with Gasteiger partial charge in [0.2, 0.25) is 0 Å². The van der Waals surface area contributed by atoms with Crippen molar-refractivity contribution in [1.82, 2.24) is 0 Å². The topological polar surface area (TPSA) is 78.9 Å². The van der Waals surface area contributed by atoms with Gasteiger partial charge in [-0.25, -0.2) is 0 Å². The van der Waals surface area contributed by atoms with Gasteiger partial charge in [0, 0.05) is 19.3 Å². The van der Waals surface area contributed by atoms with E-state index in [1.54, 1.807) is 0 Å². The highest BCUT2D eigenvalue weighted by molar-refractivity contribution is 5.71. The van der Waals surface area contributed by atoms with Gasteiger partial charge in [0.05, 0.1) is 0 Å². The summed E-state index contributed by atoms with van der Waals surface area (Å²) in [5.41, 5.74) is 0. The molecule has 6 heteroatoms. The lowest BCUT2D eigenvalue weighted by molar-refractivity contribution is -0.167. The molecule has 456 valence electrons. The molecule has 0 radical (unpaired) electrons. The van der Waals surface area contributed by atoms with Crippen LogP contribution >= 0.6 is 0 Å². The van der Waals surface area contributed by atoms with E-state index < -0.39 is 6.10 Å². The predicted molar refractivity (Wildman–Crippen MR) is 335 cm³/mol. The zero-order valence-electron chi connectivity index (χ0n) is 52.5. The van der Waals surface area contributed by atoms with E-state index >= 15 is 0 Å². The second kappa shape index (κ2) is 66.7. The molecule has 0 aromatic carbocycles. The summed E-state index contributed by atoms with van der Waals surface area (Å²) in [6.45, 7) is 6.69. The van der Waals surface area contributed by atoms with Gasteiger partial charge in [-0.1, -0.05) is 354 Å². The van der Waals surface area contributed by atoms with Gasteiger partial charge >= 0.3 is 17.9 Å². The lowest BCUT2D eigenvalue weighted by Crippen LogP contribution is -2.30. The maximum atomic E-state index is 12.9. The van der Waals surface area contributed by atoms with E-state index in [0.29, 0.717) is 19.3 Å². The maximum Gasteiger partial charge on any atom is 0.306 e. The van der Waals surface area contributed by atoms with Crippen LogP contribution in [-0.4, -0.2) is 37.2 Å². The molecule has 0 rings (SSSR count). The summed E-state index contributed by atoms with van der Waals surface area (Å²) < 4.78 is 16.9. The van der Waals surface area contributed by atoms with Gasteiger partial charge in [-0.15, -0.1) is 0 Å². The summed E-state index contributed by atoms with van der Waals surface area (Å²) in [7, 11) is 0. The molecule has 0 aliphatic carbocycles. The van der Waals surface area contributed by atoms with Crippen molar-refractivity contribution >= 4 is 17.9 Å². The zero-order valence-corrected chi connectivity index (χ0v) is 52.5. The first kappa shape index (κ1) is 75.2. The van der Waals surface area contributed by atoms with E-state index in [-0.39, 0.29) is 31.1 Å². The first-order valence-corrected chi connectivity index (χ1v) is 35.2. The number of hydrogen-bond donors (Lipinski definition) is 0. The Kier molecular flexibility index (Phi) is 65.1. The van der Waals surface area contributed by atoms with Gasteiger partial charge in [0.1, 0.15) is 13.2 Å². The summed E-state index contributed by atoms with van der Waals surface area (Å²) in [6, 6.07) is 0. The van der Waals surface area contributed by atoms with Crippen LogP contribution in [0.3, 0.4) is 0 Å². The molecule has 0 saturated carbocycles. The van der Waals surface area contributed by atoms with Crippen LogP contribution in [0.2, 0.25) is 0 Å². The van der Waals surface area contributed by atoms with Gasteiger partial charge in [-0.3, -0.25) is 14.4 Å². The van der Waals surface area contributed by atoms with Crippen molar-refractivity contribution in [2.24, 2.45) is 0 Å². The highest BCUT2D eigenvalue weighted by Crippen LogP contribution is 2.19. The van der Waals surface area contributed by atoms with Crippen LogP contribution < -0.4 is 0 Å². The number of carbonyl (C=O) groups is 3. The third-order valence-electron chi connectivity index (χ3n) is 16.3. The summed E-state index contributed by atoms with van der Waals surface area (Å²) in [6.07, 6.45) is 79.8. The standard InChI is InChI=1S/C71H136O6/c1-4-7-10-13-16-19-22-25-27-28-29-30-31-32-33-34-35-36-37-38-39-40-41-42-43-45-46-49-52-55-58-61-64-70(73)76-67-68(66-75-69(72)63-60-57-54-51-48-24-21-18-15-12-9-6-3)77-71(74)65-62-59-56-53-50-47-44-26-23-20-17-14-11-8-5-2/h18,21,68H,4-17,19-20,22-67H2,1-3H3/b21-18-. The highest BCUT2D eigenvalue weighted by atomic mass is 16.6. The Balaban J connectivity index is 4.04. The van der Waals surface area contributed by atoms with E-state index in [2.05, 4.69) is 32.9 Å². The Hall–Kier alpha value is -1.85. The number of ether oxygens (including phenoxy) is 3. The Morgan fingerprint density at radius 1 is 0.247 bits per heavy atom. The minimum Gasteiger partial charge on any atom is -0.462 e. The zero-order chi connectivity index (χ0) is 55.7. The normalized spacial score (nSPS) is 12.0. The largest absolute Gasteiger partial charge is 0.462 e. The summed E-state index contributed by atoms with van der Waals surface area (Å²) in [5, 5.41) is 0. The van der Waals surface area contributed by atoms with E-state index in [1.807, 2.05) is 0 Å². The predicted octanol–water partition coefficient (Wildman–Crippen LogP) is 24.0. The molecule has 0 fully saturated rings. The number of unbranched alkanes of at least 4 members (excludes halogenated alkanes) is 53. The van der Waals surface area contributed by atoms with Crippen LogP contribution in [0.5, 0.6) is 0 Å².